The second-order valence-corrected chi connectivity index (χ2v) is 8.79. The maximum Gasteiger partial charge on any atom is 0.261 e. The van der Waals surface area contributed by atoms with Crippen molar-refractivity contribution < 1.29 is 14.3 Å². The molecule has 30 heavy (non-hydrogen) atoms. The van der Waals surface area contributed by atoms with E-state index in [2.05, 4.69) is 31.9 Å². The predicted octanol–water partition coefficient (Wildman–Crippen LogP) is 4.75. The van der Waals surface area contributed by atoms with Gasteiger partial charge in [-0.15, -0.1) is 0 Å². The molecule has 8 heteroatoms. The van der Waals surface area contributed by atoms with Crippen LogP contribution in [0.4, 0.5) is 5.69 Å². The van der Waals surface area contributed by atoms with Gasteiger partial charge in [-0.3, -0.25) is 14.9 Å². The number of halogens is 1. The number of hydrogen-bond acceptors (Lipinski definition) is 4. The lowest BCUT2D eigenvalue weighted by Gasteiger charge is -2.15. The zero-order valence-electron chi connectivity index (χ0n) is 17.4. The minimum atomic E-state index is -0.388. The van der Waals surface area contributed by atoms with E-state index in [4.69, 9.17) is 17.0 Å². The molecule has 2 aromatic carbocycles. The first kappa shape index (κ1) is 23.8. The monoisotopic (exact) mass is 491 g/mol. The summed E-state index contributed by atoms with van der Waals surface area (Å²) in [6.07, 6.45) is 0. The van der Waals surface area contributed by atoms with E-state index in [1.807, 2.05) is 33.8 Å². The normalized spacial score (nSPS) is 10.6. The van der Waals surface area contributed by atoms with Crippen LogP contribution in [0.3, 0.4) is 0 Å². The van der Waals surface area contributed by atoms with Gasteiger partial charge in [-0.25, -0.2) is 0 Å². The Balaban J connectivity index is 2.07. The number of thiocarbonyl (C=S) groups is 1. The number of benzene rings is 2. The third-order valence-corrected chi connectivity index (χ3v) is 4.49. The maximum absolute atomic E-state index is 12.8. The van der Waals surface area contributed by atoms with Crippen molar-refractivity contribution >= 4 is 50.8 Å². The lowest BCUT2D eigenvalue weighted by molar-refractivity contribution is 0.0940. The Kier molecular flexibility index (Phi) is 8.80. The second-order valence-electron chi connectivity index (χ2n) is 7.46. The van der Waals surface area contributed by atoms with Crippen LogP contribution in [-0.4, -0.2) is 29.6 Å². The third-order valence-electron chi connectivity index (χ3n) is 3.79. The molecule has 0 aromatic heterocycles. The highest BCUT2D eigenvalue weighted by Crippen LogP contribution is 2.24. The van der Waals surface area contributed by atoms with Crippen LogP contribution in [0.2, 0.25) is 0 Å². The van der Waals surface area contributed by atoms with E-state index in [0.717, 1.165) is 4.47 Å². The van der Waals surface area contributed by atoms with Gasteiger partial charge in [-0.1, -0.05) is 35.8 Å². The molecule has 0 unspecified atom stereocenters. The number of hydrogen-bond donors (Lipinski definition) is 3. The van der Waals surface area contributed by atoms with Gasteiger partial charge in [0.2, 0.25) is 0 Å². The first-order valence-electron chi connectivity index (χ1n) is 9.61. The van der Waals surface area contributed by atoms with E-state index in [1.54, 1.807) is 36.4 Å². The topological polar surface area (TPSA) is 79.5 Å². The largest absolute Gasteiger partial charge is 0.492 e. The molecule has 0 saturated carbocycles. The summed E-state index contributed by atoms with van der Waals surface area (Å²) in [5.41, 5.74) is 1.47. The molecule has 0 heterocycles. The number of amides is 2. The van der Waals surface area contributed by atoms with E-state index in [9.17, 15) is 9.59 Å². The van der Waals surface area contributed by atoms with Gasteiger partial charge >= 0.3 is 0 Å². The van der Waals surface area contributed by atoms with Crippen molar-refractivity contribution in [2.45, 2.75) is 33.7 Å². The van der Waals surface area contributed by atoms with E-state index < -0.39 is 0 Å². The van der Waals surface area contributed by atoms with Gasteiger partial charge in [-0.2, -0.15) is 0 Å². The lowest BCUT2D eigenvalue weighted by Crippen LogP contribution is -2.34. The molecule has 160 valence electrons. The summed E-state index contributed by atoms with van der Waals surface area (Å²) in [4.78, 5) is 24.9. The molecule has 0 atom stereocenters. The van der Waals surface area contributed by atoms with Crippen LogP contribution in [-0.2, 0) is 0 Å². The Morgan fingerprint density at radius 2 is 1.80 bits per heavy atom. The minimum Gasteiger partial charge on any atom is -0.492 e. The summed E-state index contributed by atoms with van der Waals surface area (Å²) in [7, 11) is 0. The minimum absolute atomic E-state index is 0.0341. The fraction of sp³-hybridized carbons (Fsp3) is 0.318. The molecule has 0 radical (unpaired) electrons. The number of carbonyl (C=O) groups excluding carboxylic acids is 2. The van der Waals surface area contributed by atoms with Gasteiger partial charge in [0.25, 0.3) is 11.8 Å². The van der Waals surface area contributed by atoms with Gasteiger partial charge < -0.3 is 15.4 Å². The average molecular weight is 492 g/mol. The van der Waals surface area contributed by atoms with Gasteiger partial charge in [0.1, 0.15) is 5.75 Å². The lowest BCUT2D eigenvalue weighted by atomic mass is 10.1. The first-order valence-corrected chi connectivity index (χ1v) is 10.8. The number of ether oxygens (including phenoxy) is 1. The van der Waals surface area contributed by atoms with E-state index in [1.165, 1.54) is 0 Å². The molecular weight excluding hydrogens is 466 g/mol. The van der Waals surface area contributed by atoms with Crippen LogP contribution in [0.25, 0.3) is 0 Å². The standard InChI is InChI=1S/C22H26BrN3O3S/c1-13(2)12-29-19-9-8-16(23)11-18(19)21(28)26-22(30)25-17-7-5-6-15(10-17)20(27)24-14(3)4/h5-11,13-14H,12H2,1-4H3,(H,24,27)(H2,25,26,28,30). The Labute approximate surface area is 190 Å². The molecule has 0 fully saturated rings. The Morgan fingerprint density at radius 1 is 1.07 bits per heavy atom. The van der Waals surface area contributed by atoms with Gasteiger partial charge in [0.15, 0.2) is 5.11 Å². The summed E-state index contributed by atoms with van der Waals surface area (Å²) in [6.45, 7) is 8.35. The average Bonchev–Trinajstić information content (AvgIpc) is 2.66. The second kappa shape index (κ2) is 11.1. The molecule has 2 aromatic rings. The molecule has 0 aliphatic heterocycles. The van der Waals surface area contributed by atoms with Crippen LogP contribution < -0.4 is 20.7 Å². The van der Waals surface area contributed by atoms with Gasteiger partial charge in [0, 0.05) is 21.8 Å². The maximum atomic E-state index is 12.8. The molecule has 6 nitrogen and oxygen atoms in total. The zero-order valence-corrected chi connectivity index (χ0v) is 19.8. The number of anilines is 1. The SMILES string of the molecule is CC(C)COc1ccc(Br)cc1C(=O)NC(=S)Nc1cccc(C(=O)NC(C)C)c1. The van der Waals surface area contributed by atoms with Crippen molar-refractivity contribution in [2.75, 3.05) is 11.9 Å². The first-order chi connectivity index (χ1) is 14.2. The summed E-state index contributed by atoms with van der Waals surface area (Å²) in [6, 6.07) is 12.2. The molecule has 2 amide bonds. The zero-order chi connectivity index (χ0) is 22.3. The summed E-state index contributed by atoms with van der Waals surface area (Å²) in [5, 5.41) is 8.56. The number of rotatable bonds is 7. The van der Waals surface area contributed by atoms with Crippen LogP contribution in [0.1, 0.15) is 48.4 Å². The van der Waals surface area contributed by atoms with Crippen molar-refractivity contribution in [3.8, 4) is 5.75 Å². The van der Waals surface area contributed by atoms with E-state index in [-0.39, 0.29) is 23.0 Å². The molecule has 0 spiro atoms. The quantitative estimate of drug-likeness (QED) is 0.487. The molecular formula is C22H26BrN3O3S. The van der Waals surface area contributed by atoms with Gasteiger partial charge in [0.05, 0.1) is 12.2 Å². The van der Waals surface area contributed by atoms with Crippen molar-refractivity contribution in [2.24, 2.45) is 5.92 Å². The van der Waals surface area contributed by atoms with Gasteiger partial charge in [-0.05, 0) is 68.4 Å². The summed E-state index contributed by atoms with van der Waals surface area (Å²) < 4.78 is 6.52. The predicted molar refractivity (Wildman–Crippen MR) is 127 cm³/mol. The smallest absolute Gasteiger partial charge is 0.261 e. The van der Waals surface area contributed by atoms with Crippen LogP contribution in [0, 0.1) is 5.92 Å². The van der Waals surface area contributed by atoms with E-state index >= 15 is 0 Å². The number of nitrogens with one attached hydrogen (secondary N) is 3. The van der Waals surface area contributed by atoms with Crippen LogP contribution >= 0.6 is 28.1 Å². The fourth-order valence-electron chi connectivity index (χ4n) is 2.48. The molecule has 0 aliphatic carbocycles. The van der Waals surface area contributed by atoms with Crippen molar-refractivity contribution in [1.29, 1.82) is 0 Å². The van der Waals surface area contributed by atoms with Crippen molar-refractivity contribution in [3.05, 3.63) is 58.1 Å². The van der Waals surface area contributed by atoms with Crippen molar-refractivity contribution in [3.63, 3.8) is 0 Å². The Hall–Kier alpha value is -2.45. The van der Waals surface area contributed by atoms with E-state index in [0.29, 0.717) is 35.1 Å². The highest BCUT2D eigenvalue weighted by atomic mass is 79.9. The highest BCUT2D eigenvalue weighted by molar-refractivity contribution is 9.10. The molecule has 2 rings (SSSR count). The van der Waals surface area contributed by atoms with Crippen LogP contribution in [0.15, 0.2) is 46.9 Å². The van der Waals surface area contributed by atoms with Crippen molar-refractivity contribution in [1.82, 2.24) is 10.6 Å². The fourth-order valence-corrected chi connectivity index (χ4v) is 3.05. The molecule has 0 saturated heterocycles. The summed E-state index contributed by atoms with van der Waals surface area (Å²) >= 11 is 8.66. The Morgan fingerprint density at radius 3 is 2.47 bits per heavy atom. The molecule has 0 bridgehead atoms. The Bertz CT molecular complexity index is 932. The molecule has 3 N–H and O–H groups in total. The van der Waals surface area contributed by atoms with Crippen LogP contribution in [0.5, 0.6) is 5.75 Å². The molecule has 0 aliphatic rings. The highest BCUT2D eigenvalue weighted by Gasteiger charge is 2.16. The third kappa shape index (κ3) is 7.42. The number of carbonyl (C=O) groups is 2. The summed E-state index contributed by atoms with van der Waals surface area (Å²) in [5.74, 6) is 0.248.